The summed E-state index contributed by atoms with van der Waals surface area (Å²) in [4.78, 5) is 30.7. The maximum Gasteiger partial charge on any atom is 0.223 e. The minimum Gasteiger partial charge on any atom is -0.349 e. The average molecular weight is 357 g/mol. The van der Waals surface area contributed by atoms with Gasteiger partial charge in [0, 0.05) is 58.7 Å². The van der Waals surface area contributed by atoms with Crippen LogP contribution in [0, 0.1) is 0 Å². The van der Waals surface area contributed by atoms with E-state index in [2.05, 4.69) is 40.1 Å². The Hall–Kier alpha value is -1.88. The fourth-order valence-electron chi connectivity index (χ4n) is 3.82. The summed E-state index contributed by atoms with van der Waals surface area (Å²) in [6.45, 7) is 3.06. The summed E-state index contributed by atoms with van der Waals surface area (Å²) < 4.78 is 0. The van der Waals surface area contributed by atoms with Gasteiger partial charge in [0.15, 0.2) is 0 Å². The lowest BCUT2D eigenvalue weighted by Gasteiger charge is -2.39. The zero-order valence-electron chi connectivity index (χ0n) is 16.1. The first-order chi connectivity index (χ1) is 12.5. The van der Waals surface area contributed by atoms with Gasteiger partial charge in [-0.3, -0.25) is 14.5 Å². The predicted octanol–water partition coefficient (Wildman–Crippen LogP) is 2.51. The summed E-state index contributed by atoms with van der Waals surface area (Å²) in [5, 5.41) is 0. The van der Waals surface area contributed by atoms with Gasteiger partial charge in [-0.15, -0.1) is 0 Å². The number of rotatable bonds is 7. The van der Waals surface area contributed by atoms with Gasteiger partial charge in [0.25, 0.3) is 0 Å². The van der Waals surface area contributed by atoms with Crippen LogP contribution in [0.3, 0.4) is 0 Å². The van der Waals surface area contributed by atoms with Gasteiger partial charge < -0.3 is 9.80 Å². The molecule has 5 heteroatoms. The van der Waals surface area contributed by atoms with Crippen molar-refractivity contribution in [2.45, 2.75) is 57.2 Å². The Labute approximate surface area is 156 Å². The number of hydrogen-bond acceptors (Lipinski definition) is 3. The highest BCUT2D eigenvalue weighted by atomic mass is 16.2. The van der Waals surface area contributed by atoms with Crippen molar-refractivity contribution >= 4 is 11.8 Å². The van der Waals surface area contributed by atoms with Crippen LogP contribution in [0.2, 0.25) is 0 Å². The molecule has 1 aliphatic heterocycles. The van der Waals surface area contributed by atoms with Crippen LogP contribution in [0.5, 0.6) is 0 Å². The number of likely N-dealkylation sites (tertiary alicyclic amines) is 1. The molecule has 0 spiro atoms. The van der Waals surface area contributed by atoms with Crippen LogP contribution in [0.15, 0.2) is 30.3 Å². The Kier molecular flexibility index (Phi) is 6.30. The molecule has 1 aromatic rings. The molecule has 0 atom stereocenters. The number of amides is 2. The first-order valence-electron chi connectivity index (χ1n) is 9.82. The molecule has 2 fully saturated rings. The van der Waals surface area contributed by atoms with Crippen molar-refractivity contribution in [2.75, 3.05) is 27.2 Å². The van der Waals surface area contributed by atoms with E-state index in [0.29, 0.717) is 24.9 Å². The van der Waals surface area contributed by atoms with Crippen molar-refractivity contribution in [2.24, 2.45) is 0 Å². The molecule has 0 radical (unpaired) electrons. The Bertz CT molecular complexity index is 605. The van der Waals surface area contributed by atoms with Crippen molar-refractivity contribution in [3.05, 3.63) is 35.9 Å². The third-order valence-corrected chi connectivity index (χ3v) is 5.48. The van der Waals surface area contributed by atoms with Gasteiger partial charge in [0.05, 0.1) is 0 Å². The van der Waals surface area contributed by atoms with Crippen LogP contribution >= 0.6 is 0 Å². The number of hydrogen-bond donors (Lipinski definition) is 0. The second kappa shape index (κ2) is 8.67. The average Bonchev–Trinajstić information content (AvgIpc) is 3.47. The molecule has 0 bridgehead atoms. The smallest absolute Gasteiger partial charge is 0.223 e. The van der Waals surface area contributed by atoms with Crippen molar-refractivity contribution in [3.8, 4) is 0 Å². The molecule has 1 saturated carbocycles. The molecule has 0 N–H and O–H groups in total. The van der Waals surface area contributed by atoms with E-state index >= 15 is 0 Å². The monoisotopic (exact) mass is 357 g/mol. The molecule has 2 amide bonds. The van der Waals surface area contributed by atoms with Gasteiger partial charge in [-0.2, -0.15) is 0 Å². The van der Waals surface area contributed by atoms with E-state index in [-0.39, 0.29) is 11.8 Å². The molecule has 1 aromatic carbocycles. The van der Waals surface area contributed by atoms with E-state index in [4.69, 9.17) is 0 Å². The molecule has 2 aliphatic rings. The van der Waals surface area contributed by atoms with Crippen LogP contribution in [-0.2, 0) is 16.1 Å². The van der Waals surface area contributed by atoms with Gasteiger partial charge in [-0.25, -0.2) is 0 Å². The van der Waals surface area contributed by atoms with Gasteiger partial charge in [-0.05, 0) is 31.2 Å². The Morgan fingerprint density at radius 1 is 0.923 bits per heavy atom. The van der Waals surface area contributed by atoms with Crippen LogP contribution < -0.4 is 0 Å². The molecule has 1 saturated heterocycles. The summed E-state index contributed by atoms with van der Waals surface area (Å²) in [6, 6.07) is 11.3. The normalized spacial score (nSPS) is 18.5. The van der Waals surface area contributed by atoms with E-state index in [9.17, 15) is 9.59 Å². The number of nitrogens with zero attached hydrogens (tertiary/aromatic N) is 3. The maximum atomic E-state index is 12.8. The van der Waals surface area contributed by atoms with E-state index in [1.807, 2.05) is 0 Å². The van der Waals surface area contributed by atoms with Gasteiger partial charge in [-0.1, -0.05) is 30.3 Å². The Balaban J connectivity index is 1.50. The number of piperidine rings is 1. The van der Waals surface area contributed by atoms with Crippen molar-refractivity contribution in [3.63, 3.8) is 0 Å². The molecule has 142 valence electrons. The highest BCUT2D eigenvalue weighted by Crippen LogP contribution is 2.33. The van der Waals surface area contributed by atoms with E-state index < -0.39 is 0 Å². The minimum absolute atomic E-state index is 0.0341. The molecule has 1 heterocycles. The fourth-order valence-corrected chi connectivity index (χ4v) is 3.82. The largest absolute Gasteiger partial charge is 0.349 e. The lowest BCUT2D eigenvalue weighted by molar-refractivity contribution is -0.138. The lowest BCUT2D eigenvalue weighted by atomic mass is 10.0. The second-order valence-corrected chi connectivity index (χ2v) is 7.81. The quantitative estimate of drug-likeness (QED) is 0.753. The molecular formula is C21H31N3O2. The van der Waals surface area contributed by atoms with Gasteiger partial charge in [0.1, 0.15) is 0 Å². The highest BCUT2D eigenvalue weighted by Gasteiger charge is 2.38. The topological polar surface area (TPSA) is 43.9 Å². The second-order valence-electron chi connectivity index (χ2n) is 7.81. The zero-order valence-corrected chi connectivity index (χ0v) is 16.1. The molecule has 5 nitrogen and oxygen atoms in total. The van der Waals surface area contributed by atoms with Crippen molar-refractivity contribution in [1.29, 1.82) is 0 Å². The SMILES string of the molecule is CN(C)C(=O)CCC(=O)N(C1CC1)C1CCN(Cc2ccccc2)CC1. The molecule has 0 unspecified atom stereocenters. The Morgan fingerprint density at radius 3 is 2.08 bits per heavy atom. The first kappa shape index (κ1) is 18.9. The number of carbonyl (C=O) groups is 2. The molecule has 3 rings (SSSR count). The van der Waals surface area contributed by atoms with Crippen molar-refractivity contribution < 1.29 is 9.59 Å². The maximum absolute atomic E-state index is 12.8. The van der Waals surface area contributed by atoms with Crippen molar-refractivity contribution in [1.82, 2.24) is 14.7 Å². The summed E-state index contributed by atoms with van der Waals surface area (Å²) >= 11 is 0. The first-order valence-corrected chi connectivity index (χ1v) is 9.82. The number of carbonyl (C=O) groups excluding carboxylic acids is 2. The summed E-state index contributed by atoms with van der Waals surface area (Å²) in [7, 11) is 3.49. The lowest BCUT2D eigenvalue weighted by Crippen LogP contribution is -2.48. The van der Waals surface area contributed by atoms with Crippen LogP contribution in [0.1, 0.15) is 44.1 Å². The third-order valence-electron chi connectivity index (χ3n) is 5.48. The van der Waals surface area contributed by atoms with E-state index in [1.54, 1.807) is 19.0 Å². The number of benzene rings is 1. The van der Waals surface area contributed by atoms with Crippen LogP contribution in [0.25, 0.3) is 0 Å². The van der Waals surface area contributed by atoms with E-state index in [1.165, 1.54) is 5.56 Å². The van der Waals surface area contributed by atoms with Crippen LogP contribution in [0.4, 0.5) is 0 Å². The molecular weight excluding hydrogens is 326 g/mol. The molecule has 1 aliphatic carbocycles. The summed E-state index contributed by atoms with van der Waals surface area (Å²) in [5.41, 5.74) is 1.35. The van der Waals surface area contributed by atoms with Gasteiger partial charge in [0.2, 0.25) is 11.8 Å². The Morgan fingerprint density at radius 2 is 1.50 bits per heavy atom. The van der Waals surface area contributed by atoms with Crippen LogP contribution in [-0.4, -0.2) is 65.8 Å². The standard InChI is InChI=1S/C21H31N3O2/c1-22(2)20(25)10-11-21(26)24(18-8-9-18)19-12-14-23(15-13-19)16-17-6-4-3-5-7-17/h3-7,18-19H,8-16H2,1-2H3. The summed E-state index contributed by atoms with van der Waals surface area (Å²) in [6.07, 6.45) is 4.99. The van der Waals surface area contributed by atoms with Gasteiger partial charge >= 0.3 is 0 Å². The summed E-state index contributed by atoms with van der Waals surface area (Å²) in [5.74, 6) is 0.205. The molecule has 0 aromatic heterocycles. The third kappa shape index (κ3) is 5.07. The fraction of sp³-hybridized carbons (Fsp3) is 0.619. The zero-order chi connectivity index (χ0) is 18.5. The minimum atomic E-state index is 0.0341. The predicted molar refractivity (Wildman–Crippen MR) is 103 cm³/mol. The van der Waals surface area contributed by atoms with E-state index in [0.717, 1.165) is 45.3 Å². The highest BCUT2D eigenvalue weighted by molar-refractivity contribution is 5.84. The molecule has 26 heavy (non-hydrogen) atoms.